The van der Waals surface area contributed by atoms with E-state index in [1.165, 1.54) is 0 Å². The van der Waals surface area contributed by atoms with Gasteiger partial charge in [-0.2, -0.15) is 0 Å². The molecule has 0 spiro atoms. The molecule has 2 aromatic heterocycles. The SMILES string of the molecule is S=C1NC(c2ccccn2)C(c2ccc(-c3ccc(Cl)c(Cl)c3)o2)N1CCCNc1ccccc1. The summed E-state index contributed by atoms with van der Waals surface area (Å²) in [7, 11) is 0. The highest BCUT2D eigenvalue weighted by Crippen LogP contribution is 2.41. The molecule has 8 heteroatoms. The summed E-state index contributed by atoms with van der Waals surface area (Å²) in [4.78, 5) is 6.79. The minimum Gasteiger partial charge on any atom is -0.459 e. The van der Waals surface area contributed by atoms with Crippen LogP contribution < -0.4 is 10.6 Å². The molecular weight excluding hydrogens is 499 g/mol. The van der Waals surface area contributed by atoms with Crippen LogP contribution >= 0.6 is 35.4 Å². The van der Waals surface area contributed by atoms with Crippen LogP contribution in [0.3, 0.4) is 0 Å². The van der Waals surface area contributed by atoms with Crippen LogP contribution in [0.25, 0.3) is 11.3 Å². The molecule has 0 radical (unpaired) electrons. The van der Waals surface area contributed by atoms with E-state index in [4.69, 9.17) is 39.8 Å². The average Bonchev–Trinajstić information content (AvgIpc) is 3.49. The fraction of sp³-hybridized carbons (Fsp3) is 0.185. The molecule has 5 nitrogen and oxygen atoms in total. The molecule has 1 aliphatic heterocycles. The number of furan rings is 1. The van der Waals surface area contributed by atoms with Crippen LogP contribution in [0, 0.1) is 0 Å². The fourth-order valence-corrected chi connectivity index (χ4v) is 4.94. The van der Waals surface area contributed by atoms with Gasteiger partial charge in [0.15, 0.2) is 5.11 Å². The number of aromatic nitrogens is 1. The number of hydrogen-bond donors (Lipinski definition) is 2. The van der Waals surface area contributed by atoms with Crippen molar-refractivity contribution in [3.05, 3.63) is 107 Å². The molecule has 1 aliphatic rings. The van der Waals surface area contributed by atoms with E-state index in [0.29, 0.717) is 15.2 Å². The molecule has 2 unspecified atom stereocenters. The van der Waals surface area contributed by atoms with Crippen molar-refractivity contribution in [3.63, 3.8) is 0 Å². The summed E-state index contributed by atoms with van der Waals surface area (Å²) in [6.07, 6.45) is 2.70. The van der Waals surface area contributed by atoms with Crippen LogP contribution in [0.2, 0.25) is 10.0 Å². The highest BCUT2D eigenvalue weighted by Gasteiger charge is 2.41. The molecule has 1 fully saturated rings. The van der Waals surface area contributed by atoms with Gasteiger partial charge in [0, 0.05) is 30.5 Å². The summed E-state index contributed by atoms with van der Waals surface area (Å²) < 4.78 is 6.37. The van der Waals surface area contributed by atoms with E-state index >= 15 is 0 Å². The number of nitrogens with one attached hydrogen (secondary N) is 2. The van der Waals surface area contributed by atoms with Gasteiger partial charge in [-0.05, 0) is 73.2 Å². The van der Waals surface area contributed by atoms with Gasteiger partial charge < -0.3 is 20.0 Å². The Balaban J connectivity index is 1.39. The maximum atomic E-state index is 6.37. The topological polar surface area (TPSA) is 53.3 Å². The zero-order chi connectivity index (χ0) is 24.2. The van der Waals surface area contributed by atoms with Gasteiger partial charge in [0.05, 0.1) is 21.8 Å². The van der Waals surface area contributed by atoms with Gasteiger partial charge in [-0.25, -0.2) is 0 Å². The summed E-state index contributed by atoms with van der Waals surface area (Å²) >= 11 is 18.1. The minimum absolute atomic E-state index is 0.126. The summed E-state index contributed by atoms with van der Waals surface area (Å²) in [6.45, 7) is 1.60. The van der Waals surface area contributed by atoms with Crippen LogP contribution in [-0.2, 0) is 0 Å². The van der Waals surface area contributed by atoms with Crippen molar-refractivity contribution in [2.24, 2.45) is 0 Å². The lowest BCUT2D eigenvalue weighted by atomic mass is 10.0. The zero-order valence-electron chi connectivity index (χ0n) is 18.8. The van der Waals surface area contributed by atoms with Crippen LogP contribution in [-0.4, -0.2) is 28.1 Å². The van der Waals surface area contributed by atoms with Crippen molar-refractivity contribution in [3.8, 4) is 11.3 Å². The molecule has 35 heavy (non-hydrogen) atoms. The summed E-state index contributed by atoms with van der Waals surface area (Å²) in [5.41, 5.74) is 2.89. The van der Waals surface area contributed by atoms with Gasteiger partial charge in [-0.1, -0.05) is 47.5 Å². The Morgan fingerprint density at radius 2 is 1.80 bits per heavy atom. The van der Waals surface area contributed by atoms with E-state index in [1.54, 1.807) is 12.3 Å². The minimum atomic E-state index is -0.134. The van der Waals surface area contributed by atoms with E-state index in [1.807, 2.05) is 60.7 Å². The van der Waals surface area contributed by atoms with Crippen molar-refractivity contribution < 1.29 is 4.42 Å². The maximum Gasteiger partial charge on any atom is 0.170 e. The molecular formula is C27H24Cl2N4OS. The number of halogens is 2. The van der Waals surface area contributed by atoms with Crippen molar-refractivity contribution in [2.75, 3.05) is 18.4 Å². The van der Waals surface area contributed by atoms with Crippen LogP contribution in [0.1, 0.15) is 30.0 Å². The van der Waals surface area contributed by atoms with Crippen molar-refractivity contribution >= 4 is 46.2 Å². The van der Waals surface area contributed by atoms with E-state index in [9.17, 15) is 0 Å². The number of rotatable bonds is 8. The van der Waals surface area contributed by atoms with Gasteiger partial charge in [-0.15, -0.1) is 0 Å². The van der Waals surface area contributed by atoms with E-state index in [0.717, 1.165) is 48.0 Å². The second-order valence-electron chi connectivity index (χ2n) is 8.30. The lowest BCUT2D eigenvalue weighted by Crippen LogP contribution is -2.31. The smallest absolute Gasteiger partial charge is 0.170 e. The standard InChI is InChI=1S/C27H24Cl2N4OS/c28-20-11-10-18(17-21(20)29)23-12-13-24(34-23)26-25(22-9-4-5-14-31-22)32-27(35)33(26)16-6-15-30-19-7-2-1-3-8-19/h1-5,7-14,17,25-26,30H,6,15-16H2,(H,32,35). The number of hydrogen-bond acceptors (Lipinski definition) is 4. The first kappa shape index (κ1) is 23.7. The Hall–Kier alpha value is -3.06. The van der Waals surface area contributed by atoms with Crippen molar-refractivity contribution in [1.29, 1.82) is 0 Å². The summed E-state index contributed by atoms with van der Waals surface area (Å²) in [6, 6.07) is 25.3. The Morgan fingerprint density at radius 1 is 0.971 bits per heavy atom. The zero-order valence-corrected chi connectivity index (χ0v) is 21.2. The number of para-hydroxylation sites is 1. The highest BCUT2D eigenvalue weighted by atomic mass is 35.5. The molecule has 3 heterocycles. The molecule has 1 saturated heterocycles. The first-order chi connectivity index (χ1) is 17.1. The van der Waals surface area contributed by atoms with E-state index in [2.05, 4.69) is 32.7 Å². The number of pyridine rings is 1. The second-order valence-corrected chi connectivity index (χ2v) is 9.50. The third-order valence-electron chi connectivity index (χ3n) is 6.00. The normalized spacial score (nSPS) is 17.4. The maximum absolute atomic E-state index is 6.37. The predicted molar refractivity (Wildman–Crippen MR) is 146 cm³/mol. The van der Waals surface area contributed by atoms with Gasteiger partial charge in [0.2, 0.25) is 0 Å². The molecule has 2 atom stereocenters. The van der Waals surface area contributed by atoms with Crippen molar-refractivity contribution in [1.82, 2.24) is 15.2 Å². The number of benzene rings is 2. The average molecular weight is 523 g/mol. The molecule has 0 amide bonds. The third-order valence-corrected chi connectivity index (χ3v) is 7.09. The van der Waals surface area contributed by atoms with Gasteiger partial charge in [-0.3, -0.25) is 4.98 Å². The largest absolute Gasteiger partial charge is 0.459 e. The molecule has 2 N–H and O–H groups in total. The monoisotopic (exact) mass is 522 g/mol. The molecule has 4 aromatic rings. The summed E-state index contributed by atoms with van der Waals surface area (Å²) in [5, 5.41) is 8.63. The molecule has 0 bridgehead atoms. The molecule has 0 saturated carbocycles. The molecule has 178 valence electrons. The first-order valence-electron chi connectivity index (χ1n) is 11.4. The lowest BCUT2D eigenvalue weighted by molar-refractivity contribution is 0.274. The molecule has 0 aliphatic carbocycles. The highest BCUT2D eigenvalue weighted by molar-refractivity contribution is 7.80. The third kappa shape index (κ3) is 5.30. The Morgan fingerprint density at radius 3 is 2.57 bits per heavy atom. The lowest BCUT2D eigenvalue weighted by Gasteiger charge is -2.26. The number of nitrogens with zero attached hydrogens (tertiary/aromatic N) is 2. The Kier molecular flexibility index (Phi) is 7.23. The van der Waals surface area contributed by atoms with Crippen LogP contribution in [0.4, 0.5) is 5.69 Å². The second kappa shape index (κ2) is 10.7. The van der Waals surface area contributed by atoms with Crippen LogP contribution in [0.5, 0.6) is 0 Å². The van der Waals surface area contributed by atoms with Crippen molar-refractivity contribution in [2.45, 2.75) is 18.5 Å². The van der Waals surface area contributed by atoms with Crippen LogP contribution in [0.15, 0.2) is 89.5 Å². The van der Waals surface area contributed by atoms with Gasteiger partial charge >= 0.3 is 0 Å². The number of anilines is 1. The Bertz CT molecular complexity index is 1300. The predicted octanol–water partition coefficient (Wildman–Crippen LogP) is 7.12. The first-order valence-corrected chi connectivity index (χ1v) is 12.6. The van der Waals surface area contributed by atoms with Gasteiger partial charge in [0.1, 0.15) is 17.6 Å². The van der Waals surface area contributed by atoms with E-state index < -0.39 is 0 Å². The molecule has 5 rings (SSSR count). The fourth-order valence-electron chi connectivity index (χ4n) is 4.31. The van der Waals surface area contributed by atoms with Gasteiger partial charge in [0.25, 0.3) is 0 Å². The Labute approximate surface area is 220 Å². The quantitative estimate of drug-likeness (QED) is 0.189. The van der Waals surface area contributed by atoms with E-state index in [-0.39, 0.29) is 12.1 Å². The summed E-state index contributed by atoms with van der Waals surface area (Å²) in [5.74, 6) is 1.53. The number of thiocarbonyl (C=S) groups is 1. The molecule has 2 aromatic carbocycles.